The summed E-state index contributed by atoms with van der Waals surface area (Å²) in [4.78, 5) is 27.9. The molecule has 2 heterocycles. The summed E-state index contributed by atoms with van der Waals surface area (Å²) in [6.07, 6.45) is 2.77. The summed E-state index contributed by atoms with van der Waals surface area (Å²) < 4.78 is 14.3. The number of amides is 1. The van der Waals surface area contributed by atoms with Gasteiger partial charge in [-0.3, -0.25) is 19.8 Å². The number of carbonyl (C=O) groups excluding carboxylic acids is 1. The van der Waals surface area contributed by atoms with Gasteiger partial charge in [0.2, 0.25) is 5.91 Å². The Hall–Kier alpha value is -3.58. The molecule has 0 radical (unpaired) electrons. The number of nitro groups is 1. The van der Waals surface area contributed by atoms with E-state index in [9.17, 15) is 19.3 Å². The number of benzene rings is 3. The smallest absolute Gasteiger partial charge is 0.269 e. The zero-order valence-electron chi connectivity index (χ0n) is 19.5. The van der Waals surface area contributed by atoms with Crippen LogP contribution >= 0.6 is 0 Å². The van der Waals surface area contributed by atoms with Crippen LogP contribution in [0, 0.1) is 15.9 Å². The number of fused-ring (bicyclic) bond motifs is 2. The van der Waals surface area contributed by atoms with Crippen LogP contribution in [0.2, 0.25) is 0 Å². The normalized spacial score (nSPS) is 16.9. The van der Waals surface area contributed by atoms with Crippen molar-refractivity contribution in [2.45, 2.75) is 37.6 Å². The van der Waals surface area contributed by atoms with E-state index in [-0.39, 0.29) is 22.8 Å². The Bertz CT molecular complexity index is 1220. The first-order valence-electron chi connectivity index (χ1n) is 12.0. The molecular formula is C28H28FN3O3. The van der Waals surface area contributed by atoms with Gasteiger partial charge in [-0.05, 0) is 67.2 Å². The zero-order valence-corrected chi connectivity index (χ0v) is 19.5. The summed E-state index contributed by atoms with van der Waals surface area (Å²) in [5.74, 6) is -0.193. The first-order chi connectivity index (χ1) is 16.9. The highest BCUT2D eigenvalue weighted by Crippen LogP contribution is 2.47. The predicted molar refractivity (Wildman–Crippen MR) is 133 cm³/mol. The lowest BCUT2D eigenvalue weighted by Gasteiger charge is -2.40. The number of carbonyl (C=O) groups is 1. The maximum Gasteiger partial charge on any atom is 0.269 e. The maximum atomic E-state index is 14.3. The van der Waals surface area contributed by atoms with Crippen LogP contribution in [0.1, 0.15) is 36.0 Å². The van der Waals surface area contributed by atoms with Gasteiger partial charge in [-0.25, -0.2) is 4.39 Å². The SMILES string of the molecule is O=C(CCc1ccccc1)N1CC2(CCN(Cc3ccc([N+](=O)[O-])cc3)CC2)c2cc(F)ccc21. The standard InChI is InChI=1S/C28H28FN3O3/c29-23-9-12-26-25(18-23)28(20-31(26)27(33)13-8-21-4-2-1-3-5-21)14-16-30(17-15-28)19-22-6-10-24(11-7-22)32(34)35/h1-7,9-12,18H,8,13-17,19-20H2. The molecule has 35 heavy (non-hydrogen) atoms. The molecule has 1 saturated heterocycles. The van der Waals surface area contributed by atoms with Crippen LogP contribution in [-0.2, 0) is 23.2 Å². The Morgan fingerprint density at radius 3 is 2.37 bits per heavy atom. The lowest BCUT2D eigenvalue weighted by atomic mass is 9.74. The Morgan fingerprint density at radius 1 is 0.971 bits per heavy atom. The summed E-state index contributed by atoms with van der Waals surface area (Å²) in [6.45, 7) is 2.94. The summed E-state index contributed by atoms with van der Waals surface area (Å²) in [6, 6.07) is 21.5. The molecule has 3 aromatic rings. The predicted octanol–water partition coefficient (Wildman–Crippen LogP) is 5.25. The molecule has 0 atom stereocenters. The van der Waals surface area contributed by atoms with Gasteiger partial charge in [-0.15, -0.1) is 0 Å². The Kier molecular flexibility index (Phi) is 6.34. The molecule has 1 spiro atoms. The fourth-order valence-corrected chi connectivity index (χ4v) is 5.44. The molecule has 1 amide bonds. The second-order valence-electron chi connectivity index (χ2n) is 9.61. The minimum atomic E-state index is -0.391. The third-order valence-electron chi connectivity index (χ3n) is 7.42. The number of non-ortho nitro benzene ring substituents is 1. The molecule has 0 unspecified atom stereocenters. The van der Waals surface area contributed by atoms with Gasteiger partial charge in [0.1, 0.15) is 5.82 Å². The van der Waals surface area contributed by atoms with E-state index in [1.54, 1.807) is 24.3 Å². The van der Waals surface area contributed by atoms with Gasteiger partial charge in [0.05, 0.1) is 4.92 Å². The molecule has 7 heteroatoms. The fourth-order valence-electron chi connectivity index (χ4n) is 5.44. The van der Waals surface area contributed by atoms with Crippen LogP contribution in [0.25, 0.3) is 0 Å². The van der Waals surface area contributed by atoms with Crippen molar-refractivity contribution >= 4 is 17.3 Å². The summed E-state index contributed by atoms with van der Waals surface area (Å²) in [5, 5.41) is 10.9. The first kappa shape index (κ1) is 23.2. The molecule has 3 aromatic carbocycles. The van der Waals surface area contributed by atoms with Crippen LogP contribution in [-0.4, -0.2) is 35.4 Å². The highest BCUT2D eigenvalue weighted by molar-refractivity contribution is 5.96. The van der Waals surface area contributed by atoms with Crippen molar-refractivity contribution in [2.75, 3.05) is 24.5 Å². The average Bonchev–Trinajstić information content (AvgIpc) is 3.18. The average molecular weight is 474 g/mol. The summed E-state index contributed by atoms with van der Waals surface area (Å²) in [7, 11) is 0. The molecule has 0 aliphatic carbocycles. The van der Waals surface area contributed by atoms with E-state index in [4.69, 9.17) is 0 Å². The second kappa shape index (κ2) is 9.58. The Morgan fingerprint density at radius 2 is 1.69 bits per heavy atom. The van der Waals surface area contributed by atoms with E-state index in [0.717, 1.165) is 48.3 Å². The first-order valence-corrected chi connectivity index (χ1v) is 12.0. The van der Waals surface area contributed by atoms with Crippen molar-refractivity contribution in [3.05, 3.63) is 105 Å². The highest BCUT2D eigenvalue weighted by Gasteiger charge is 2.46. The summed E-state index contributed by atoms with van der Waals surface area (Å²) >= 11 is 0. The van der Waals surface area contributed by atoms with Crippen LogP contribution in [0.3, 0.4) is 0 Å². The van der Waals surface area contributed by atoms with E-state index in [2.05, 4.69) is 4.90 Å². The molecule has 6 nitrogen and oxygen atoms in total. The van der Waals surface area contributed by atoms with Crippen LogP contribution in [0.4, 0.5) is 15.8 Å². The maximum absolute atomic E-state index is 14.3. The summed E-state index contributed by atoms with van der Waals surface area (Å²) in [5.41, 5.74) is 3.80. The van der Waals surface area contributed by atoms with E-state index in [1.807, 2.05) is 35.2 Å². The Labute approximate surface area is 204 Å². The van der Waals surface area contributed by atoms with Crippen molar-refractivity contribution in [2.24, 2.45) is 0 Å². The molecule has 5 rings (SSSR count). The van der Waals surface area contributed by atoms with Gasteiger partial charge in [0.15, 0.2) is 0 Å². The van der Waals surface area contributed by atoms with E-state index < -0.39 is 4.92 Å². The minimum Gasteiger partial charge on any atom is -0.311 e. The second-order valence-corrected chi connectivity index (χ2v) is 9.61. The van der Waals surface area contributed by atoms with Crippen molar-refractivity contribution < 1.29 is 14.1 Å². The Balaban J connectivity index is 1.28. The molecular weight excluding hydrogens is 445 g/mol. The van der Waals surface area contributed by atoms with Gasteiger partial charge in [-0.1, -0.05) is 42.5 Å². The van der Waals surface area contributed by atoms with Crippen LogP contribution < -0.4 is 4.90 Å². The number of piperidine rings is 1. The molecule has 2 aliphatic rings. The van der Waals surface area contributed by atoms with Gasteiger partial charge in [0, 0.05) is 42.7 Å². The van der Waals surface area contributed by atoms with E-state index in [1.165, 1.54) is 18.2 Å². The minimum absolute atomic E-state index is 0.0758. The number of rotatable bonds is 6. The molecule has 0 saturated carbocycles. The monoisotopic (exact) mass is 473 g/mol. The lowest BCUT2D eigenvalue weighted by molar-refractivity contribution is -0.384. The quantitative estimate of drug-likeness (QED) is 0.362. The van der Waals surface area contributed by atoms with Crippen LogP contribution in [0.15, 0.2) is 72.8 Å². The zero-order chi connectivity index (χ0) is 24.4. The van der Waals surface area contributed by atoms with Crippen molar-refractivity contribution in [1.29, 1.82) is 0 Å². The third kappa shape index (κ3) is 4.82. The van der Waals surface area contributed by atoms with Crippen molar-refractivity contribution in [1.82, 2.24) is 4.90 Å². The lowest BCUT2D eigenvalue weighted by Crippen LogP contribution is -2.45. The number of hydrogen-bond donors (Lipinski definition) is 0. The number of anilines is 1. The van der Waals surface area contributed by atoms with E-state index >= 15 is 0 Å². The number of nitro benzene ring substituents is 1. The molecule has 1 fully saturated rings. The third-order valence-corrected chi connectivity index (χ3v) is 7.42. The van der Waals surface area contributed by atoms with Crippen molar-refractivity contribution in [3.8, 4) is 0 Å². The van der Waals surface area contributed by atoms with Gasteiger partial charge in [0.25, 0.3) is 5.69 Å². The largest absolute Gasteiger partial charge is 0.311 e. The van der Waals surface area contributed by atoms with Gasteiger partial charge >= 0.3 is 0 Å². The molecule has 180 valence electrons. The highest BCUT2D eigenvalue weighted by atomic mass is 19.1. The fraction of sp³-hybridized carbons (Fsp3) is 0.321. The molecule has 0 bridgehead atoms. The van der Waals surface area contributed by atoms with Gasteiger partial charge < -0.3 is 4.90 Å². The number of halogens is 1. The molecule has 0 aromatic heterocycles. The number of nitrogens with zero attached hydrogens (tertiary/aromatic N) is 3. The number of aryl methyl sites for hydroxylation is 1. The molecule has 2 aliphatic heterocycles. The number of likely N-dealkylation sites (tertiary alicyclic amines) is 1. The van der Waals surface area contributed by atoms with Crippen molar-refractivity contribution in [3.63, 3.8) is 0 Å². The van der Waals surface area contributed by atoms with Crippen LogP contribution in [0.5, 0.6) is 0 Å². The topological polar surface area (TPSA) is 66.7 Å². The van der Waals surface area contributed by atoms with Gasteiger partial charge in [-0.2, -0.15) is 0 Å². The van der Waals surface area contributed by atoms with E-state index in [0.29, 0.717) is 25.9 Å². The number of hydrogen-bond acceptors (Lipinski definition) is 4. The molecule has 0 N–H and O–H groups in total.